The van der Waals surface area contributed by atoms with E-state index >= 15 is 0 Å². The van der Waals surface area contributed by atoms with Crippen molar-refractivity contribution in [3.63, 3.8) is 0 Å². The maximum absolute atomic E-state index is 6.07. The van der Waals surface area contributed by atoms with Gasteiger partial charge in [-0.3, -0.25) is 4.98 Å². The number of benzene rings is 1. The molecule has 0 aliphatic carbocycles. The Bertz CT molecular complexity index is 543. The van der Waals surface area contributed by atoms with Crippen molar-refractivity contribution in [3.05, 3.63) is 52.8 Å². The molecule has 0 unspecified atom stereocenters. The molecule has 0 atom stereocenters. The van der Waals surface area contributed by atoms with E-state index in [0.29, 0.717) is 10.8 Å². The molecule has 1 heterocycles. The second-order valence-electron chi connectivity index (χ2n) is 4.01. The number of anilines is 1. The second kappa shape index (κ2) is 5.74. The molecule has 0 fully saturated rings. The third-order valence-electron chi connectivity index (χ3n) is 2.78. The van der Waals surface area contributed by atoms with E-state index in [-0.39, 0.29) is 0 Å². The van der Waals surface area contributed by atoms with Crippen molar-refractivity contribution in [3.8, 4) is 5.75 Å². The zero-order chi connectivity index (χ0) is 13.0. The molecule has 0 saturated carbocycles. The van der Waals surface area contributed by atoms with Crippen LogP contribution in [0.25, 0.3) is 0 Å². The van der Waals surface area contributed by atoms with Gasteiger partial charge in [0, 0.05) is 24.6 Å². The molecule has 1 aromatic heterocycles. The number of halogens is 1. The van der Waals surface area contributed by atoms with Crippen LogP contribution in [-0.4, -0.2) is 12.1 Å². The van der Waals surface area contributed by atoms with Gasteiger partial charge in [-0.2, -0.15) is 0 Å². The Hall–Kier alpha value is -1.74. The van der Waals surface area contributed by atoms with Crippen LogP contribution in [-0.2, 0) is 6.54 Å². The number of nitrogens with one attached hydrogen (secondary N) is 1. The van der Waals surface area contributed by atoms with Crippen LogP contribution in [0.1, 0.15) is 11.1 Å². The summed E-state index contributed by atoms with van der Waals surface area (Å²) in [5.41, 5.74) is 3.35. The molecule has 0 bridgehead atoms. The SMILES string of the molecule is COc1ccc(NCc2cnccc2C)cc1Cl. The molecule has 1 N–H and O–H groups in total. The molecule has 2 aromatic rings. The Morgan fingerprint density at radius 3 is 2.83 bits per heavy atom. The summed E-state index contributed by atoms with van der Waals surface area (Å²) < 4.78 is 5.11. The number of nitrogens with zero attached hydrogens (tertiary/aromatic N) is 1. The topological polar surface area (TPSA) is 34.1 Å². The van der Waals surface area contributed by atoms with Crippen molar-refractivity contribution in [1.29, 1.82) is 0 Å². The van der Waals surface area contributed by atoms with Gasteiger partial charge in [0.15, 0.2) is 0 Å². The second-order valence-corrected chi connectivity index (χ2v) is 4.41. The zero-order valence-corrected chi connectivity index (χ0v) is 11.2. The fraction of sp³-hybridized carbons (Fsp3) is 0.214. The molecular weight excluding hydrogens is 248 g/mol. The smallest absolute Gasteiger partial charge is 0.137 e. The van der Waals surface area contributed by atoms with E-state index < -0.39 is 0 Å². The first-order chi connectivity index (χ1) is 8.70. The third kappa shape index (κ3) is 2.93. The van der Waals surface area contributed by atoms with Gasteiger partial charge in [-0.15, -0.1) is 0 Å². The first-order valence-corrected chi connectivity index (χ1v) is 6.05. The van der Waals surface area contributed by atoms with Gasteiger partial charge < -0.3 is 10.1 Å². The molecule has 0 aliphatic heterocycles. The van der Waals surface area contributed by atoms with Crippen LogP contribution < -0.4 is 10.1 Å². The first-order valence-electron chi connectivity index (χ1n) is 5.67. The number of aryl methyl sites for hydroxylation is 1. The average Bonchev–Trinajstić information content (AvgIpc) is 2.38. The Morgan fingerprint density at radius 1 is 1.33 bits per heavy atom. The Kier molecular flexibility index (Phi) is 4.05. The van der Waals surface area contributed by atoms with Gasteiger partial charge in [0.1, 0.15) is 5.75 Å². The van der Waals surface area contributed by atoms with Gasteiger partial charge in [-0.1, -0.05) is 11.6 Å². The summed E-state index contributed by atoms with van der Waals surface area (Å²) in [7, 11) is 1.60. The van der Waals surface area contributed by atoms with E-state index in [0.717, 1.165) is 12.2 Å². The molecule has 4 heteroatoms. The number of hydrogen-bond donors (Lipinski definition) is 1. The molecule has 0 radical (unpaired) electrons. The molecule has 0 aliphatic rings. The summed E-state index contributed by atoms with van der Waals surface area (Å²) >= 11 is 6.07. The van der Waals surface area contributed by atoms with Crippen molar-refractivity contribution in [2.75, 3.05) is 12.4 Å². The molecule has 0 saturated heterocycles. The fourth-order valence-electron chi connectivity index (χ4n) is 1.66. The van der Waals surface area contributed by atoms with Gasteiger partial charge in [0.05, 0.1) is 12.1 Å². The Balaban J connectivity index is 2.07. The third-order valence-corrected chi connectivity index (χ3v) is 3.08. The Labute approximate surface area is 112 Å². The maximum Gasteiger partial charge on any atom is 0.137 e. The van der Waals surface area contributed by atoms with Gasteiger partial charge in [-0.25, -0.2) is 0 Å². The van der Waals surface area contributed by atoms with Crippen LogP contribution in [0.4, 0.5) is 5.69 Å². The highest BCUT2D eigenvalue weighted by molar-refractivity contribution is 6.32. The van der Waals surface area contributed by atoms with Crippen LogP contribution >= 0.6 is 11.6 Å². The minimum absolute atomic E-state index is 0.602. The highest BCUT2D eigenvalue weighted by atomic mass is 35.5. The molecule has 18 heavy (non-hydrogen) atoms. The number of hydrogen-bond acceptors (Lipinski definition) is 3. The minimum Gasteiger partial charge on any atom is -0.495 e. The maximum atomic E-state index is 6.07. The molecule has 3 nitrogen and oxygen atoms in total. The van der Waals surface area contributed by atoms with E-state index in [4.69, 9.17) is 16.3 Å². The van der Waals surface area contributed by atoms with Crippen molar-refractivity contribution in [2.45, 2.75) is 13.5 Å². The normalized spacial score (nSPS) is 10.2. The van der Waals surface area contributed by atoms with E-state index in [1.165, 1.54) is 11.1 Å². The molecule has 0 amide bonds. The molecule has 0 spiro atoms. The highest BCUT2D eigenvalue weighted by Crippen LogP contribution is 2.27. The van der Waals surface area contributed by atoms with Crippen molar-refractivity contribution >= 4 is 17.3 Å². The first kappa shape index (κ1) is 12.7. The number of rotatable bonds is 4. The van der Waals surface area contributed by atoms with E-state index in [1.54, 1.807) is 13.3 Å². The fourth-order valence-corrected chi connectivity index (χ4v) is 1.91. The van der Waals surface area contributed by atoms with Crippen LogP contribution in [0.15, 0.2) is 36.7 Å². The van der Waals surface area contributed by atoms with Crippen LogP contribution in [0.5, 0.6) is 5.75 Å². The van der Waals surface area contributed by atoms with Crippen LogP contribution in [0, 0.1) is 6.92 Å². The minimum atomic E-state index is 0.602. The van der Waals surface area contributed by atoms with Gasteiger partial charge in [0.25, 0.3) is 0 Å². The predicted octanol–water partition coefficient (Wildman–Crippen LogP) is 3.66. The lowest BCUT2D eigenvalue weighted by Gasteiger charge is -2.10. The van der Waals surface area contributed by atoms with Gasteiger partial charge in [-0.05, 0) is 42.3 Å². The number of ether oxygens (including phenoxy) is 1. The Morgan fingerprint density at radius 2 is 2.17 bits per heavy atom. The lowest BCUT2D eigenvalue weighted by Crippen LogP contribution is -2.01. The lowest BCUT2D eigenvalue weighted by atomic mass is 10.1. The summed E-state index contributed by atoms with van der Waals surface area (Å²) in [6, 6.07) is 7.64. The number of aromatic nitrogens is 1. The van der Waals surface area contributed by atoms with Crippen LogP contribution in [0.2, 0.25) is 5.02 Å². The zero-order valence-electron chi connectivity index (χ0n) is 10.4. The van der Waals surface area contributed by atoms with E-state index in [9.17, 15) is 0 Å². The molecular formula is C14H15ClN2O. The summed E-state index contributed by atoms with van der Waals surface area (Å²) in [4.78, 5) is 4.12. The standard InChI is InChI=1S/C14H15ClN2O/c1-10-5-6-16-8-11(10)9-17-12-3-4-14(18-2)13(15)7-12/h3-8,17H,9H2,1-2H3. The molecule has 94 valence electrons. The number of pyridine rings is 1. The van der Waals surface area contributed by atoms with Crippen molar-refractivity contribution in [2.24, 2.45) is 0 Å². The summed E-state index contributed by atoms with van der Waals surface area (Å²) in [5, 5.41) is 3.92. The quantitative estimate of drug-likeness (QED) is 0.913. The number of methoxy groups -OCH3 is 1. The summed E-state index contributed by atoms with van der Waals surface area (Å²) in [6.45, 7) is 2.79. The van der Waals surface area contributed by atoms with Gasteiger partial charge in [0.2, 0.25) is 0 Å². The van der Waals surface area contributed by atoms with Crippen molar-refractivity contribution in [1.82, 2.24) is 4.98 Å². The highest BCUT2D eigenvalue weighted by Gasteiger charge is 2.02. The average molecular weight is 263 g/mol. The summed E-state index contributed by atoms with van der Waals surface area (Å²) in [6.07, 6.45) is 3.66. The molecule has 1 aromatic carbocycles. The van der Waals surface area contributed by atoms with Crippen molar-refractivity contribution < 1.29 is 4.74 Å². The largest absolute Gasteiger partial charge is 0.495 e. The van der Waals surface area contributed by atoms with E-state index in [2.05, 4.69) is 17.2 Å². The predicted molar refractivity (Wildman–Crippen MR) is 74.3 cm³/mol. The monoisotopic (exact) mass is 262 g/mol. The summed E-state index contributed by atoms with van der Waals surface area (Å²) in [5.74, 6) is 0.680. The van der Waals surface area contributed by atoms with E-state index in [1.807, 2.05) is 30.5 Å². The van der Waals surface area contributed by atoms with Crippen LogP contribution in [0.3, 0.4) is 0 Å². The van der Waals surface area contributed by atoms with Gasteiger partial charge >= 0.3 is 0 Å². The molecule has 2 rings (SSSR count). The lowest BCUT2D eigenvalue weighted by molar-refractivity contribution is 0.415.